The van der Waals surface area contributed by atoms with E-state index in [1.54, 1.807) is 0 Å². The van der Waals surface area contributed by atoms with Crippen molar-refractivity contribution in [2.75, 3.05) is 31.6 Å². The third-order valence-corrected chi connectivity index (χ3v) is 4.66. The average Bonchev–Trinajstić information content (AvgIpc) is 2.34. The number of likely N-dealkylation sites (N-methyl/N-ethyl adjacent to an activating group) is 1. The predicted octanol–water partition coefficient (Wildman–Crippen LogP) is 2.62. The van der Waals surface area contributed by atoms with Crippen LogP contribution in [0.15, 0.2) is 22.7 Å². The fourth-order valence-electron chi connectivity index (χ4n) is 2.90. The quantitative estimate of drug-likeness (QED) is 0.927. The Hall–Kier alpha value is -0.580. The number of nitrogens with two attached hydrogens (primary N) is 1. The minimum absolute atomic E-state index is 0.526. The van der Waals surface area contributed by atoms with Gasteiger partial charge in [-0.1, -0.05) is 6.07 Å². The van der Waals surface area contributed by atoms with E-state index in [0.717, 1.165) is 26.1 Å². The number of rotatable bonds is 3. The van der Waals surface area contributed by atoms with Gasteiger partial charge in [0.05, 0.1) is 5.69 Å². The Balaban J connectivity index is 2.22. The number of aryl methyl sites for hydroxylation is 1. The highest BCUT2D eigenvalue weighted by molar-refractivity contribution is 9.10. The van der Waals surface area contributed by atoms with E-state index in [-0.39, 0.29) is 0 Å². The van der Waals surface area contributed by atoms with Gasteiger partial charge in [-0.2, -0.15) is 0 Å². The maximum absolute atomic E-state index is 5.74. The highest BCUT2D eigenvalue weighted by Crippen LogP contribution is 2.31. The Kier molecular flexibility index (Phi) is 4.87. The molecule has 0 spiro atoms. The second-order valence-corrected chi connectivity index (χ2v) is 6.48. The molecule has 0 saturated carbocycles. The van der Waals surface area contributed by atoms with E-state index in [0.29, 0.717) is 12.1 Å². The maximum atomic E-state index is 5.74. The minimum Gasteiger partial charge on any atom is -0.365 e. The number of hydrogen-bond acceptors (Lipinski definition) is 3. The largest absolute Gasteiger partial charge is 0.365 e. The zero-order valence-corrected chi connectivity index (χ0v) is 13.7. The molecule has 2 atom stereocenters. The van der Waals surface area contributed by atoms with E-state index >= 15 is 0 Å². The van der Waals surface area contributed by atoms with Crippen LogP contribution in [0, 0.1) is 6.92 Å². The van der Waals surface area contributed by atoms with Gasteiger partial charge in [0.15, 0.2) is 0 Å². The van der Waals surface area contributed by atoms with Crippen LogP contribution in [0.1, 0.15) is 18.9 Å². The monoisotopic (exact) mass is 325 g/mol. The number of benzene rings is 1. The molecule has 1 aromatic carbocycles. The molecular weight excluding hydrogens is 302 g/mol. The number of halogens is 1. The van der Waals surface area contributed by atoms with Gasteiger partial charge in [0.2, 0.25) is 0 Å². The molecule has 1 fully saturated rings. The molecule has 1 aromatic rings. The van der Waals surface area contributed by atoms with E-state index in [2.05, 4.69) is 64.8 Å². The van der Waals surface area contributed by atoms with E-state index < -0.39 is 0 Å². The molecule has 0 radical (unpaired) electrons. The third-order valence-electron chi connectivity index (χ3n) is 4.03. The van der Waals surface area contributed by atoms with Crippen molar-refractivity contribution in [1.29, 1.82) is 0 Å². The standard InChI is InChI=1S/C15H24BrN3/c1-11-4-5-15(14(16)8-11)19-10-13(6-7-17)18(3)9-12(19)2/h4-5,8,12-13H,6-7,9-10,17H2,1-3H3. The summed E-state index contributed by atoms with van der Waals surface area (Å²) in [5.74, 6) is 0. The first-order valence-corrected chi connectivity index (χ1v) is 7.75. The number of hydrogen-bond donors (Lipinski definition) is 1. The normalized spacial score (nSPS) is 24.8. The van der Waals surface area contributed by atoms with Crippen LogP contribution in [0.4, 0.5) is 5.69 Å². The van der Waals surface area contributed by atoms with Crippen LogP contribution >= 0.6 is 15.9 Å². The molecule has 1 aliphatic heterocycles. The molecule has 2 N–H and O–H groups in total. The van der Waals surface area contributed by atoms with Crippen molar-refractivity contribution < 1.29 is 0 Å². The van der Waals surface area contributed by atoms with Gasteiger partial charge in [0, 0.05) is 29.6 Å². The van der Waals surface area contributed by atoms with Crippen molar-refractivity contribution in [3.8, 4) is 0 Å². The van der Waals surface area contributed by atoms with Gasteiger partial charge in [-0.25, -0.2) is 0 Å². The summed E-state index contributed by atoms with van der Waals surface area (Å²) in [7, 11) is 2.21. The maximum Gasteiger partial charge on any atom is 0.0514 e. The summed E-state index contributed by atoms with van der Waals surface area (Å²) in [5.41, 5.74) is 8.32. The number of piperazine rings is 1. The van der Waals surface area contributed by atoms with Crippen LogP contribution in [0.3, 0.4) is 0 Å². The van der Waals surface area contributed by atoms with E-state index in [9.17, 15) is 0 Å². The second kappa shape index (κ2) is 6.25. The molecule has 0 amide bonds. The van der Waals surface area contributed by atoms with Crippen molar-refractivity contribution in [2.24, 2.45) is 5.73 Å². The lowest BCUT2D eigenvalue weighted by molar-refractivity contribution is 0.185. The second-order valence-electron chi connectivity index (χ2n) is 5.63. The fraction of sp³-hybridized carbons (Fsp3) is 0.600. The van der Waals surface area contributed by atoms with Gasteiger partial charge < -0.3 is 10.6 Å². The van der Waals surface area contributed by atoms with Gasteiger partial charge in [-0.05, 0) is 67.5 Å². The summed E-state index contributed by atoms with van der Waals surface area (Å²) in [6.07, 6.45) is 1.06. The van der Waals surface area contributed by atoms with Crippen LogP contribution in [0.5, 0.6) is 0 Å². The van der Waals surface area contributed by atoms with Gasteiger partial charge in [0.25, 0.3) is 0 Å². The predicted molar refractivity (Wildman–Crippen MR) is 85.8 cm³/mol. The summed E-state index contributed by atoms with van der Waals surface area (Å²) in [5, 5.41) is 0. The molecule has 4 heteroatoms. The molecule has 1 aliphatic rings. The summed E-state index contributed by atoms with van der Waals surface area (Å²) < 4.78 is 1.19. The van der Waals surface area contributed by atoms with Crippen LogP contribution in [0.25, 0.3) is 0 Å². The molecule has 0 aromatic heterocycles. The van der Waals surface area contributed by atoms with E-state index in [4.69, 9.17) is 5.73 Å². The Morgan fingerprint density at radius 1 is 1.37 bits per heavy atom. The van der Waals surface area contributed by atoms with E-state index in [1.165, 1.54) is 15.7 Å². The molecule has 1 heterocycles. The van der Waals surface area contributed by atoms with Crippen LogP contribution in [-0.4, -0.2) is 43.7 Å². The Labute approximate surface area is 124 Å². The smallest absolute Gasteiger partial charge is 0.0514 e. The highest BCUT2D eigenvalue weighted by atomic mass is 79.9. The van der Waals surface area contributed by atoms with Gasteiger partial charge in [-0.3, -0.25) is 4.90 Å². The Bertz CT molecular complexity index is 435. The van der Waals surface area contributed by atoms with Gasteiger partial charge in [0.1, 0.15) is 0 Å². The molecule has 3 nitrogen and oxygen atoms in total. The summed E-state index contributed by atoms with van der Waals surface area (Å²) in [4.78, 5) is 4.94. The zero-order valence-electron chi connectivity index (χ0n) is 12.1. The van der Waals surface area contributed by atoms with Crippen LogP contribution in [0.2, 0.25) is 0 Å². The molecule has 0 bridgehead atoms. The van der Waals surface area contributed by atoms with Crippen molar-refractivity contribution >= 4 is 21.6 Å². The van der Waals surface area contributed by atoms with Gasteiger partial charge in [-0.15, -0.1) is 0 Å². The molecule has 2 unspecified atom stereocenters. The lowest BCUT2D eigenvalue weighted by Gasteiger charge is -2.45. The number of anilines is 1. The Morgan fingerprint density at radius 2 is 2.11 bits per heavy atom. The lowest BCUT2D eigenvalue weighted by Crippen LogP contribution is -2.56. The van der Waals surface area contributed by atoms with Gasteiger partial charge >= 0.3 is 0 Å². The molecule has 0 aliphatic carbocycles. The number of nitrogens with zero attached hydrogens (tertiary/aromatic N) is 2. The molecule has 2 rings (SSSR count). The first-order chi connectivity index (χ1) is 9.02. The first-order valence-electron chi connectivity index (χ1n) is 6.96. The Morgan fingerprint density at radius 3 is 2.74 bits per heavy atom. The fourth-order valence-corrected chi connectivity index (χ4v) is 3.62. The topological polar surface area (TPSA) is 32.5 Å². The summed E-state index contributed by atoms with van der Waals surface area (Å²) >= 11 is 3.70. The van der Waals surface area contributed by atoms with Crippen molar-refractivity contribution in [2.45, 2.75) is 32.4 Å². The summed E-state index contributed by atoms with van der Waals surface area (Å²) in [6.45, 7) is 7.31. The molecular formula is C15H24BrN3. The van der Waals surface area contributed by atoms with Crippen molar-refractivity contribution in [1.82, 2.24) is 4.90 Å². The first kappa shape index (κ1) is 14.8. The molecule has 106 valence electrons. The minimum atomic E-state index is 0.526. The van der Waals surface area contributed by atoms with E-state index in [1.807, 2.05) is 0 Å². The van der Waals surface area contributed by atoms with Crippen molar-refractivity contribution in [3.05, 3.63) is 28.2 Å². The van der Waals surface area contributed by atoms with Crippen LogP contribution in [-0.2, 0) is 0 Å². The van der Waals surface area contributed by atoms with Crippen molar-refractivity contribution in [3.63, 3.8) is 0 Å². The summed E-state index contributed by atoms with van der Waals surface area (Å²) in [6, 6.07) is 7.68. The lowest BCUT2D eigenvalue weighted by atomic mass is 10.0. The highest BCUT2D eigenvalue weighted by Gasteiger charge is 2.29. The molecule has 1 saturated heterocycles. The molecule has 19 heavy (non-hydrogen) atoms. The van der Waals surface area contributed by atoms with Crippen LogP contribution < -0.4 is 10.6 Å². The SMILES string of the molecule is Cc1ccc(N2CC(CCN)N(C)CC2C)c(Br)c1. The third kappa shape index (κ3) is 3.30. The zero-order chi connectivity index (χ0) is 14.0. The average molecular weight is 326 g/mol.